The van der Waals surface area contributed by atoms with Gasteiger partial charge in [0.2, 0.25) is 0 Å². The van der Waals surface area contributed by atoms with Gasteiger partial charge in [-0.05, 0) is 17.9 Å². The predicted molar refractivity (Wildman–Crippen MR) is 73.8 cm³/mol. The molecule has 0 aromatic heterocycles. The molecule has 1 saturated carbocycles. The Bertz CT molecular complexity index is 337. The second kappa shape index (κ2) is 6.35. The highest BCUT2D eigenvalue weighted by Gasteiger charge is 2.36. The average molecular weight is 248 g/mol. The Kier molecular flexibility index (Phi) is 4.79. The van der Waals surface area contributed by atoms with Crippen LogP contribution < -0.4 is 0 Å². The van der Waals surface area contributed by atoms with Gasteiger partial charge in [-0.2, -0.15) is 0 Å². The van der Waals surface area contributed by atoms with E-state index in [0.29, 0.717) is 0 Å². The quantitative estimate of drug-likeness (QED) is 0.736. The van der Waals surface area contributed by atoms with Gasteiger partial charge < -0.3 is 9.47 Å². The Morgan fingerprint density at radius 2 is 1.67 bits per heavy atom. The number of rotatable bonds is 7. The van der Waals surface area contributed by atoms with Crippen molar-refractivity contribution >= 4 is 0 Å². The van der Waals surface area contributed by atoms with Crippen molar-refractivity contribution in [2.24, 2.45) is 5.92 Å². The molecule has 0 bridgehead atoms. The van der Waals surface area contributed by atoms with E-state index in [4.69, 9.17) is 9.47 Å². The summed E-state index contributed by atoms with van der Waals surface area (Å²) in [5.74, 6) is 0.843. The van der Waals surface area contributed by atoms with Crippen LogP contribution in [0.4, 0.5) is 0 Å². The summed E-state index contributed by atoms with van der Waals surface area (Å²) in [4.78, 5) is 0. The Morgan fingerprint density at radius 3 is 2.11 bits per heavy atom. The van der Waals surface area contributed by atoms with E-state index in [9.17, 15) is 0 Å². The van der Waals surface area contributed by atoms with Crippen molar-refractivity contribution in [3.8, 4) is 0 Å². The van der Waals surface area contributed by atoms with Gasteiger partial charge in [-0.25, -0.2) is 0 Å². The fourth-order valence-corrected chi connectivity index (χ4v) is 3.04. The molecule has 0 radical (unpaired) electrons. The molecular weight excluding hydrogens is 224 g/mol. The fourth-order valence-electron chi connectivity index (χ4n) is 3.04. The van der Waals surface area contributed by atoms with Crippen molar-refractivity contribution in [1.29, 1.82) is 0 Å². The number of benzene rings is 1. The molecule has 2 nitrogen and oxygen atoms in total. The molecule has 2 heteroatoms. The molecule has 0 amide bonds. The molecule has 2 rings (SSSR count). The third-order valence-electron chi connectivity index (χ3n) is 4.13. The van der Waals surface area contributed by atoms with Gasteiger partial charge >= 0.3 is 0 Å². The van der Waals surface area contributed by atoms with Gasteiger partial charge in [-0.1, -0.05) is 49.6 Å². The van der Waals surface area contributed by atoms with Crippen LogP contribution in [0, 0.1) is 5.92 Å². The van der Waals surface area contributed by atoms with Crippen LogP contribution in [0.3, 0.4) is 0 Å². The molecule has 1 fully saturated rings. The first-order valence-electron chi connectivity index (χ1n) is 6.84. The van der Waals surface area contributed by atoms with Crippen LogP contribution in [0.2, 0.25) is 0 Å². The monoisotopic (exact) mass is 248 g/mol. The summed E-state index contributed by atoms with van der Waals surface area (Å²) in [6, 6.07) is 10.7. The first kappa shape index (κ1) is 13.6. The van der Waals surface area contributed by atoms with Crippen molar-refractivity contribution in [2.45, 2.75) is 31.1 Å². The molecule has 0 aliphatic heterocycles. The van der Waals surface area contributed by atoms with Crippen LogP contribution in [0.5, 0.6) is 0 Å². The Labute approximate surface area is 110 Å². The molecule has 18 heavy (non-hydrogen) atoms. The Balaban J connectivity index is 2.22. The third kappa shape index (κ3) is 2.93. The van der Waals surface area contributed by atoms with Gasteiger partial charge in [0.25, 0.3) is 0 Å². The van der Waals surface area contributed by atoms with E-state index in [1.54, 1.807) is 14.2 Å². The molecule has 1 aromatic rings. The molecule has 0 heterocycles. The van der Waals surface area contributed by atoms with E-state index < -0.39 is 0 Å². The van der Waals surface area contributed by atoms with Gasteiger partial charge in [0.05, 0.1) is 13.2 Å². The van der Waals surface area contributed by atoms with Crippen LogP contribution in [-0.4, -0.2) is 27.4 Å². The average Bonchev–Trinajstić information content (AvgIpc) is 2.35. The summed E-state index contributed by atoms with van der Waals surface area (Å²) in [5.41, 5.74) is 1.37. The van der Waals surface area contributed by atoms with E-state index in [-0.39, 0.29) is 5.41 Å². The smallest absolute Gasteiger partial charge is 0.0581 e. The molecule has 0 N–H and O–H groups in total. The number of methoxy groups -OCH3 is 2. The number of hydrogen-bond acceptors (Lipinski definition) is 2. The van der Waals surface area contributed by atoms with Crippen molar-refractivity contribution in [2.75, 3.05) is 27.4 Å². The minimum atomic E-state index is 0.0237. The highest BCUT2D eigenvalue weighted by atomic mass is 16.5. The van der Waals surface area contributed by atoms with Gasteiger partial charge in [-0.3, -0.25) is 0 Å². The number of ether oxygens (including phenoxy) is 2. The maximum absolute atomic E-state index is 5.50. The van der Waals surface area contributed by atoms with Gasteiger partial charge in [0.15, 0.2) is 0 Å². The maximum Gasteiger partial charge on any atom is 0.0581 e. The molecule has 1 aliphatic carbocycles. The molecule has 1 aliphatic rings. The Hall–Kier alpha value is -0.860. The first-order valence-corrected chi connectivity index (χ1v) is 6.84. The largest absolute Gasteiger partial charge is 0.384 e. The summed E-state index contributed by atoms with van der Waals surface area (Å²) in [6.07, 6.45) is 5.29. The van der Waals surface area contributed by atoms with Crippen molar-refractivity contribution in [3.63, 3.8) is 0 Å². The first-order chi connectivity index (χ1) is 8.80. The van der Waals surface area contributed by atoms with Gasteiger partial charge in [0.1, 0.15) is 0 Å². The van der Waals surface area contributed by atoms with E-state index in [2.05, 4.69) is 30.3 Å². The highest BCUT2D eigenvalue weighted by molar-refractivity contribution is 5.26. The van der Waals surface area contributed by atoms with Crippen molar-refractivity contribution in [3.05, 3.63) is 35.9 Å². The zero-order valence-corrected chi connectivity index (χ0v) is 11.5. The minimum Gasteiger partial charge on any atom is -0.384 e. The van der Waals surface area contributed by atoms with Crippen LogP contribution >= 0.6 is 0 Å². The lowest BCUT2D eigenvalue weighted by Gasteiger charge is -2.39. The van der Waals surface area contributed by atoms with Crippen LogP contribution in [0.25, 0.3) is 0 Å². The molecular formula is C16H24O2. The van der Waals surface area contributed by atoms with Crippen LogP contribution in [0.1, 0.15) is 31.2 Å². The lowest BCUT2D eigenvalue weighted by Crippen LogP contribution is -2.39. The Morgan fingerprint density at radius 1 is 1.06 bits per heavy atom. The summed E-state index contributed by atoms with van der Waals surface area (Å²) in [6.45, 7) is 1.47. The summed E-state index contributed by atoms with van der Waals surface area (Å²) >= 11 is 0. The minimum absolute atomic E-state index is 0.0237. The molecule has 100 valence electrons. The van der Waals surface area contributed by atoms with Crippen molar-refractivity contribution in [1.82, 2.24) is 0 Å². The van der Waals surface area contributed by atoms with E-state index in [1.165, 1.54) is 31.2 Å². The van der Waals surface area contributed by atoms with Gasteiger partial charge in [0, 0.05) is 19.6 Å². The van der Waals surface area contributed by atoms with E-state index in [0.717, 1.165) is 19.1 Å². The maximum atomic E-state index is 5.50. The zero-order chi connectivity index (χ0) is 12.8. The second-order valence-corrected chi connectivity index (χ2v) is 5.51. The predicted octanol–water partition coefficient (Wildman–Crippen LogP) is 3.41. The fraction of sp³-hybridized carbons (Fsp3) is 0.625. The second-order valence-electron chi connectivity index (χ2n) is 5.51. The van der Waals surface area contributed by atoms with E-state index in [1.807, 2.05) is 0 Å². The highest BCUT2D eigenvalue weighted by Crippen LogP contribution is 2.40. The lowest BCUT2D eigenvalue weighted by molar-refractivity contribution is 0.0361. The standard InChI is InChI=1S/C16H24O2/c1-17-12-16(13-18-2,11-14-7-6-8-14)15-9-4-3-5-10-15/h3-5,9-10,14H,6-8,11-13H2,1-2H3. The van der Waals surface area contributed by atoms with Crippen LogP contribution in [0.15, 0.2) is 30.3 Å². The normalized spacial score (nSPS) is 16.6. The van der Waals surface area contributed by atoms with Gasteiger partial charge in [-0.15, -0.1) is 0 Å². The molecule has 0 atom stereocenters. The summed E-state index contributed by atoms with van der Waals surface area (Å²) in [7, 11) is 3.57. The molecule has 1 aromatic carbocycles. The SMILES string of the molecule is COCC(COC)(CC1CCC1)c1ccccc1. The van der Waals surface area contributed by atoms with Crippen LogP contribution in [-0.2, 0) is 14.9 Å². The molecule has 0 saturated heterocycles. The third-order valence-corrected chi connectivity index (χ3v) is 4.13. The van der Waals surface area contributed by atoms with E-state index >= 15 is 0 Å². The topological polar surface area (TPSA) is 18.5 Å². The zero-order valence-electron chi connectivity index (χ0n) is 11.5. The summed E-state index contributed by atoms with van der Waals surface area (Å²) < 4.78 is 11.0. The molecule has 0 spiro atoms. The van der Waals surface area contributed by atoms with Crippen molar-refractivity contribution < 1.29 is 9.47 Å². The number of hydrogen-bond donors (Lipinski definition) is 0. The lowest BCUT2D eigenvalue weighted by atomic mass is 9.69. The summed E-state index contributed by atoms with van der Waals surface area (Å²) in [5, 5.41) is 0. The molecule has 0 unspecified atom stereocenters.